The van der Waals surface area contributed by atoms with E-state index in [1.165, 1.54) is 0 Å². The van der Waals surface area contributed by atoms with Crippen molar-refractivity contribution >= 4 is 22.6 Å². The fourth-order valence-corrected chi connectivity index (χ4v) is 2.53. The molecule has 1 aliphatic rings. The third-order valence-corrected chi connectivity index (χ3v) is 3.62. The Kier molecular flexibility index (Phi) is 1.98. The van der Waals surface area contributed by atoms with Crippen molar-refractivity contribution in [3.8, 4) is 0 Å². The van der Waals surface area contributed by atoms with Crippen LogP contribution in [0.3, 0.4) is 0 Å². The summed E-state index contributed by atoms with van der Waals surface area (Å²) in [4.78, 5) is 23.8. The molecule has 0 saturated carbocycles. The van der Waals surface area contributed by atoms with Gasteiger partial charge in [-0.05, 0) is 0 Å². The van der Waals surface area contributed by atoms with Crippen molar-refractivity contribution in [3.05, 3.63) is 47.5 Å². The number of hydrogen-bond acceptors (Lipinski definition) is 2. The minimum atomic E-state index is -0.240. The molecule has 0 atom stereocenters. The zero-order valence-electron chi connectivity index (χ0n) is 8.04. The molecule has 0 unspecified atom stereocenters. The van der Waals surface area contributed by atoms with Crippen molar-refractivity contribution in [3.63, 3.8) is 0 Å². The standard InChI is InChI=1S/C12H7NO2.Pt/c14-11-8-5-1-3-7-4-2-6-9(10(7)8)12(15)13-11;/h1-6H,(H,13,14,15);/q;+1/p-1. The van der Waals surface area contributed by atoms with E-state index in [4.69, 9.17) is 0 Å². The molecule has 0 spiro atoms. The van der Waals surface area contributed by atoms with Gasteiger partial charge in [-0.2, -0.15) is 0 Å². The second kappa shape index (κ2) is 3.26. The van der Waals surface area contributed by atoms with E-state index in [9.17, 15) is 9.59 Å². The van der Waals surface area contributed by atoms with Gasteiger partial charge in [-0.3, -0.25) is 0 Å². The number of carbonyl (C=O) groups excluding carboxylic acids is 2. The Bertz CT molecular complexity index is 585. The Morgan fingerprint density at radius 3 is 1.88 bits per heavy atom. The van der Waals surface area contributed by atoms with Crippen molar-refractivity contribution in [2.45, 2.75) is 0 Å². The Morgan fingerprint density at radius 1 is 0.875 bits per heavy atom. The minimum absolute atomic E-state index is 0.240. The van der Waals surface area contributed by atoms with Crippen LogP contribution in [0.25, 0.3) is 10.8 Å². The summed E-state index contributed by atoms with van der Waals surface area (Å²) in [5, 5.41) is 1.70. The number of rotatable bonds is 0. The van der Waals surface area contributed by atoms with Crippen LogP contribution in [-0.4, -0.2) is 15.3 Å². The number of carbonyl (C=O) groups is 2. The van der Waals surface area contributed by atoms with E-state index in [0.29, 0.717) is 11.1 Å². The van der Waals surface area contributed by atoms with E-state index in [0.717, 1.165) is 14.2 Å². The van der Waals surface area contributed by atoms with E-state index in [2.05, 4.69) is 0 Å². The number of imide groups is 1. The van der Waals surface area contributed by atoms with Crippen molar-refractivity contribution in [2.24, 2.45) is 0 Å². The van der Waals surface area contributed by atoms with Gasteiger partial charge in [0.25, 0.3) is 0 Å². The summed E-state index contributed by atoms with van der Waals surface area (Å²) in [7, 11) is 0. The monoisotopic (exact) mass is 391 g/mol. The molecule has 3 rings (SSSR count). The first kappa shape index (κ1) is 9.73. The van der Waals surface area contributed by atoms with Crippen LogP contribution < -0.4 is 0 Å². The summed E-state index contributed by atoms with van der Waals surface area (Å²) in [5.74, 6) is -0.480. The van der Waals surface area contributed by atoms with Crippen LogP contribution in [0.4, 0.5) is 0 Å². The van der Waals surface area contributed by atoms with Gasteiger partial charge < -0.3 is 0 Å². The Labute approximate surface area is 103 Å². The van der Waals surface area contributed by atoms with Gasteiger partial charge in [0.2, 0.25) is 0 Å². The molecular formula is C12H6NO2Pt. The van der Waals surface area contributed by atoms with Gasteiger partial charge in [-0.25, -0.2) is 0 Å². The SMILES string of the molecule is O=C1c2cccc3cccc(c23)C(=O)[N]1[Pt]. The maximum atomic E-state index is 11.9. The molecule has 3 nitrogen and oxygen atoms in total. The van der Waals surface area contributed by atoms with Crippen molar-refractivity contribution in [2.75, 3.05) is 0 Å². The molecule has 0 bridgehead atoms. The number of nitrogens with zero attached hydrogens (tertiary/aromatic N) is 1. The fraction of sp³-hybridized carbons (Fsp3) is 0. The van der Waals surface area contributed by atoms with Gasteiger partial charge in [0.15, 0.2) is 0 Å². The Morgan fingerprint density at radius 2 is 1.38 bits per heavy atom. The Hall–Kier alpha value is -1.47. The van der Waals surface area contributed by atoms with Gasteiger partial charge in [-0.1, -0.05) is 0 Å². The molecule has 16 heavy (non-hydrogen) atoms. The van der Waals surface area contributed by atoms with Gasteiger partial charge in [0.1, 0.15) is 0 Å². The topological polar surface area (TPSA) is 37.4 Å². The predicted octanol–water partition coefficient (Wildman–Crippen LogP) is 1.90. The molecule has 0 fully saturated rings. The average molecular weight is 391 g/mol. The van der Waals surface area contributed by atoms with E-state index < -0.39 is 0 Å². The summed E-state index contributed by atoms with van der Waals surface area (Å²) >= 11 is 1.73. The summed E-state index contributed by atoms with van der Waals surface area (Å²) in [6.07, 6.45) is 0. The fourth-order valence-electron chi connectivity index (χ4n) is 1.99. The van der Waals surface area contributed by atoms with Crippen LogP contribution in [0.15, 0.2) is 36.4 Å². The average Bonchev–Trinajstić information content (AvgIpc) is 2.33. The first-order valence-corrected chi connectivity index (χ1v) is 5.75. The summed E-state index contributed by atoms with van der Waals surface area (Å²) in [6, 6.07) is 11.0. The normalized spacial score (nSPS) is 14.8. The van der Waals surface area contributed by atoms with Crippen LogP contribution in [0.1, 0.15) is 20.7 Å². The molecule has 4 heteroatoms. The van der Waals surface area contributed by atoms with E-state index in [1.54, 1.807) is 32.2 Å². The molecule has 0 saturated heterocycles. The maximum absolute atomic E-state index is 11.9. The first-order chi connectivity index (χ1) is 7.70. The molecule has 0 aliphatic carbocycles. The molecule has 2 amide bonds. The van der Waals surface area contributed by atoms with Gasteiger partial charge in [0.05, 0.1) is 0 Å². The number of amides is 2. The van der Waals surface area contributed by atoms with Crippen LogP contribution in [0, 0.1) is 0 Å². The number of benzene rings is 2. The van der Waals surface area contributed by atoms with E-state index in [1.807, 2.05) is 24.3 Å². The molecule has 0 radical (unpaired) electrons. The molecule has 0 aromatic heterocycles. The quantitative estimate of drug-likeness (QED) is 0.644. The van der Waals surface area contributed by atoms with Crippen LogP contribution in [0.5, 0.6) is 0 Å². The molecule has 81 valence electrons. The zero-order chi connectivity index (χ0) is 11.3. The van der Waals surface area contributed by atoms with Crippen molar-refractivity contribution in [1.29, 1.82) is 0 Å². The van der Waals surface area contributed by atoms with Gasteiger partial charge >= 0.3 is 103 Å². The number of hydrogen-bond donors (Lipinski definition) is 0. The zero-order valence-corrected chi connectivity index (χ0v) is 10.3. The third-order valence-electron chi connectivity index (χ3n) is 2.70. The van der Waals surface area contributed by atoms with E-state index >= 15 is 0 Å². The van der Waals surface area contributed by atoms with Gasteiger partial charge in [0, 0.05) is 0 Å². The first-order valence-electron chi connectivity index (χ1n) is 4.73. The summed E-state index contributed by atoms with van der Waals surface area (Å²) in [5.41, 5.74) is 1.20. The third kappa shape index (κ3) is 1.12. The molecular weight excluding hydrogens is 385 g/mol. The van der Waals surface area contributed by atoms with Crippen LogP contribution in [-0.2, 0) is 20.1 Å². The van der Waals surface area contributed by atoms with Gasteiger partial charge in [-0.15, -0.1) is 0 Å². The van der Waals surface area contributed by atoms with Crippen LogP contribution >= 0.6 is 0 Å². The van der Waals surface area contributed by atoms with Crippen molar-refractivity contribution < 1.29 is 29.7 Å². The second-order valence-corrected chi connectivity index (χ2v) is 4.59. The molecule has 1 aliphatic heterocycles. The molecule has 1 heterocycles. The molecule has 2 aromatic carbocycles. The predicted molar refractivity (Wildman–Crippen MR) is 54.4 cm³/mol. The Balaban J connectivity index is 2.52. The van der Waals surface area contributed by atoms with Crippen LogP contribution in [0.2, 0.25) is 0 Å². The molecule has 2 aromatic rings. The van der Waals surface area contributed by atoms with Crippen molar-refractivity contribution in [1.82, 2.24) is 3.46 Å². The van der Waals surface area contributed by atoms with E-state index in [-0.39, 0.29) is 11.8 Å². The second-order valence-electron chi connectivity index (χ2n) is 3.57. The summed E-state index contributed by atoms with van der Waals surface area (Å²) < 4.78 is 1.14. The summed E-state index contributed by atoms with van der Waals surface area (Å²) in [6.45, 7) is 0. The molecule has 0 N–H and O–H groups in total.